The summed E-state index contributed by atoms with van der Waals surface area (Å²) in [5.41, 5.74) is 3.58. The molecule has 0 unspecified atom stereocenters. The molecule has 0 atom stereocenters. The molecule has 0 radical (unpaired) electrons. The lowest BCUT2D eigenvalue weighted by atomic mass is 9.86. The zero-order valence-corrected chi connectivity index (χ0v) is 16.5. The van der Waals surface area contributed by atoms with Crippen LogP contribution in [0.5, 0.6) is 0 Å². The van der Waals surface area contributed by atoms with Crippen LogP contribution < -0.4 is 10.6 Å². The lowest BCUT2D eigenvalue weighted by Gasteiger charge is -2.19. The maximum Gasteiger partial charge on any atom is 0.224 e. The van der Waals surface area contributed by atoms with Crippen molar-refractivity contribution in [2.75, 3.05) is 13.1 Å². The van der Waals surface area contributed by atoms with Gasteiger partial charge in [-0.3, -0.25) is 9.59 Å². The van der Waals surface area contributed by atoms with Gasteiger partial charge in [-0.1, -0.05) is 75.4 Å². The minimum Gasteiger partial charge on any atom is -0.354 e. The minimum atomic E-state index is -0.0330. The van der Waals surface area contributed by atoms with E-state index in [4.69, 9.17) is 0 Å². The molecule has 0 aromatic heterocycles. The second kappa shape index (κ2) is 9.91. The van der Waals surface area contributed by atoms with E-state index in [-0.39, 0.29) is 17.2 Å². The summed E-state index contributed by atoms with van der Waals surface area (Å²) >= 11 is 0. The van der Waals surface area contributed by atoms with Gasteiger partial charge in [0.15, 0.2) is 0 Å². The summed E-state index contributed by atoms with van der Waals surface area (Å²) in [5, 5.41) is 5.68. The average molecular weight is 367 g/mol. The third-order valence-corrected chi connectivity index (χ3v) is 4.44. The Morgan fingerprint density at radius 2 is 1.37 bits per heavy atom. The number of carbonyl (C=O) groups is 2. The molecule has 0 heterocycles. The first-order valence-electron chi connectivity index (χ1n) is 9.51. The predicted molar refractivity (Wildman–Crippen MR) is 110 cm³/mol. The number of hydrogen-bond acceptors (Lipinski definition) is 2. The molecule has 2 amide bonds. The van der Waals surface area contributed by atoms with Crippen LogP contribution in [0.1, 0.15) is 43.9 Å². The SMILES string of the molecule is CC(C)(C)c1ccc(CCC(=O)NCCNC(=O)Cc2ccccc2)cc1. The Balaban J connectivity index is 1.61. The topological polar surface area (TPSA) is 58.2 Å². The Morgan fingerprint density at radius 3 is 1.96 bits per heavy atom. The third-order valence-electron chi connectivity index (χ3n) is 4.44. The Labute approximate surface area is 162 Å². The van der Waals surface area contributed by atoms with Crippen LogP contribution in [0.4, 0.5) is 0 Å². The zero-order chi connectivity index (χ0) is 19.7. The summed E-state index contributed by atoms with van der Waals surface area (Å²) in [7, 11) is 0. The van der Waals surface area contributed by atoms with E-state index in [2.05, 4.69) is 55.7 Å². The van der Waals surface area contributed by atoms with Crippen molar-refractivity contribution in [3.05, 3.63) is 71.3 Å². The molecule has 27 heavy (non-hydrogen) atoms. The van der Waals surface area contributed by atoms with Crippen molar-refractivity contribution in [2.45, 2.75) is 45.4 Å². The minimum absolute atomic E-state index is 0.00667. The Bertz CT molecular complexity index is 731. The smallest absolute Gasteiger partial charge is 0.224 e. The van der Waals surface area contributed by atoms with Crippen molar-refractivity contribution < 1.29 is 9.59 Å². The number of hydrogen-bond donors (Lipinski definition) is 2. The number of benzene rings is 2. The highest BCUT2D eigenvalue weighted by molar-refractivity contribution is 5.79. The molecule has 2 N–H and O–H groups in total. The summed E-state index contributed by atoms with van der Waals surface area (Å²) in [4.78, 5) is 23.8. The maximum atomic E-state index is 12.0. The molecular formula is C23H30N2O2. The van der Waals surface area contributed by atoms with E-state index in [9.17, 15) is 9.59 Å². The number of carbonyl (C=O) groups excluding carboxylic acids is 2. The quantitative estimate of drug-likeness (QED) is 0.704. The van der Waals surface area contributed by atoms with Crippen LogP contribution in [-0.4, -0.2) is 24.9 Å². The second-order valence-corrected chi connectivity index (χ2v) is 7.81. The summed E-state index contributed by atoms with van der Waals surface area (Å²) < 4.78 is 0. The van der Waals surface area contributed by atoms with Crippen molar-refractivity contribution in [3.63, 3.8) is 0 Å². The Kier molecular flexibility index (Phi) is 7.59. The van der Waals surface area contributed by atoms with Gasteiger partial charge in [-0.15, -0.1) is 0 Å². The fourth-order valence-corrected chi connectivity index (χ4v) is 2.77. The van der Waals surface area contributed by atoms with E-state index in [0.29, 0.717) is 25.9 Å². The van der Waals surface area contributed by atoms with Crippen LogP contribution in [0, 0.1) is 0 Å². The molecular weight excluding hydrogens is 336 g/mol. The Hall–Kier alpha value is -2.62. The van der Waals surface area contributed by atoms with E-state index >= 15 is 0 Å². The van der Waals surface area contributed by atoms with Crippen LogP contribution in [0.2, 0.25) is 0 Å². The van der Waals surface area contributed by atoms with E-state index in [1.54, 1.807) is 0 Å². The van der Waals surface area contributed by atoms with Crippen LogP contribution in [-0.2, 0) is 27.8 Å². The van der Waals surface area contributed by atoms with E-state index in [1.165, 1.54) is 5.56 Å². The lowest BCUT2D eigenvalue weighted by molar-refractivity contribution is -0.122. The molecule has 144 valence electrons. The standard InChI is InChI=1S/C23H30N2O2/c1-23(2,3)20-12-9-18(10-13-20)11-14-21(26)24-15-16-25-22(27)17-19-7-5-4-6-8-19/h4-10,12-13H,11,14-17H2,1-3H3,(H,24,26)(H,25,27). The molecule has 4 heteroatoms. The first kappa shape index (κ1) is 20.7. The molecule has 0 saturated carbocycles. The highest BCUT2D eigenvalue weighted by Gasteiger charge is 2.13. The molecule has 0 aliphatic carbocycles. The first-order chi connectivity index (χ1) is 12.8. The van der Waals surface area contributed by atoms with Crippen molar-refractivity contribution >= 4 is 11.8 Å². The third kappa shape index (κ3) is 7.65. The zero-order valence-electron chi connectivity index (χ0n) is 16.5. The summed E-state index contributed by atoms with van der Waals surface area (Å²) in [5.74, 6) is -0.0263. The number of rotatable bonds is 8. The largest absolute Gasteiger partial charge is 0.354 e. The van der Waals surface area contributed by atoms with Crippen molar-refractivity contribution in [1.29, 1.82) is 0 Å². The number of aryl methyl sites for hydroxylation is 1. The van der Waals surface area contributed by atoms with Crippen LogP contribution >= 0.6 is 0 Å². The average Bonchev–Trinajstić information content (AvgIpc) is 2.64. The molecule has 0 aliphatic heterocycles. The molecule has 0 fully saturated rings. The second-order valence-electron chi connectivity index (χ2n) is 7.81. The summed E-state index contributed by atoms with van der Waals surface area (Å²) in [6, 6.07) is 18.1. The lowest BCUT2D eigenvalue weighted by Crippen LogP contribution is -2.35. The fourth-order valence-electron chi connectivity index (χ4n) is 2.77. The van der Waals surface area contributed by atoms with Crippen molar-refractivity contribution in [3.8, 4) is 0 Å². The van der Waals surface area contributed by atoms with E-state index < -0.39 is 0 Å². The van der Waals surface area contributed by atoms with Gasteiger partial charge in [-0.05, 0) is 28.5 Å². The van der Waals surface area contributed by atoms with Crippen molar-refractivity contribution in [1.82, 2.24) is 10.6 Å². The molecule has 2 aromatic carbocycles. The number of amides is 2. The van der Waals surface area contributed by atoms with Gasteiger partial charge in [0.2, 0.25) is 11.8 Å². The van der Waals surface area contributed by atoms with Gasteiger partial charge in [0.25, 0.3) is 0 Å². The highest BCUT2D eigenvalue weighted by Crippen LogP contribution is 2.22. The maximum absolute atomic E-state index is 12.0. The molecule has 0 aliphatic rings. The van der Waals surface area contributed by atoms with Gasteiger partial charge < -0.3 is 10.6 Å². The van der Waals surface area contributed by atoms with Crippen LogP contribution in [0.3, 0.4) is 0 Å². The van der Waals surface area contributed by atoms with Crippen LogP contribution in [0.25, 0.3) is 0 Å². The Morgan fingerprint density at radius 1 is 0.778 bits per heavy atom. The monoisotopic (exact) mass is 366 g/mol. The molecule has 4 nitrogen and oxygen atoms in total. The summed E-state index contributed by atoms with van der Waals surface area (Å²) in [6.07, 6.45) is 1.53. The molecule has 2 rings (SSSR count). The molecule has 2 aromatic rings. The highest BCUT2D eigenvalue weighted by atomic mass is 16.2. The van der Waals surface area contributed by atoms with Crippen molar-refractivity contribution in [2.24, 2.45) is 0 Å². The van der Waals surface area contributed by atoms with E-state index in [0.717, 1.165) is 17.5 Å². The molecule has 0 spiro atoms. The normalized spacial score (nSPS) is 11.1. The van der Waals surface area contributed by atoms with E-state index in [1.807, 2.05) is 30.3 Å². The molecule has 0 saturated heterocycles. The fraction of sp³-hybridized carbons (Fsp3) is 0.391. The number of nitrogens with one attached hydrogen (secondary N) is 2. The first-order valence-corrected chi connectivity index (χ1v) is 9.51. The predicted octanol–water partition coefficient (Wildman–Crippen LogP) is 3.39. The van der Waals surface area contributed by atoms with Gasteiger partial charge in [0.1, 0.15) is 0 Å². The summed E-state index contributed by atoms with van der Waals surface area (Å²) in [6.45, 7) is 7.45. The van der Waals surface area contributed by atoms with Gasteiger partial charge in [-0.25, -0.2) is 0 Å². The van der Waals surface area contributed by atoms with Crippen LogP contribution in [0.15, 0.2) is 54.6 Å². The van der Waals surface area contributed by atoms with Gasteiger partial charge >= 0.3 is 0 Å². The van der Waals surface area contributed by atoms with Gasteiger partial charge in [-0.2, -0.15) is 0 Å². The van der Waals surface area contributed by atoms with Gasteiger partial charge in [0.05, 0.1) is 6.42 Å². The molecule has 0 bridgehead atoms. The van der Waals surface area contributed by atoms with Gasteiger partial charge in [0, 0.05) is 19.5 Å².